The first kappa shape index (κ1) is 17.1. The fraction of sp³-hybridized carbons (Fsp3) is 0.733. The predicted octanol–water partition coefficient (Wildman–Crippen LogP) is 1.97. The molecule has 24 heavy (non-hydrogen) atoms. The predicted molar refractivity (Wildman–Crippen MR) is 90.2 cm³/mol. The highest BCUT2D eigenvalue weighted by atomic mass is 32.2. The van der Waals surface area contributed by atoms with E-state index in [-0.39, 0.29) is 18.3 Å². The van der Waals surface area contributed by atoms with E-state index in [1.54, 1.807) is 6.92 Å². The SMILES string of the molecule is CCOC(=O)NC(=O)CSc1nnc(N2CCCCC2)n1C1CC1. The molecule has 2 amide bonds. The van der Waals surface area contributed by atoms with Crippen LogP contribution in [0.1, 0.15) is 45.1 Å². The number of carbonyl (C=O) groups excluding carboxylic acids is 2. The third-order valence-corrected chi connectivity index (χ3v) is 4.99. The Morgan fingerprint density at radius 3 is 2.67 bits per heavy atom. The van der Waals surface area contributed by atoms with Crippen molar-refractivity contribution in [3.05, 3.63) is 0 Å². The Kier molecular flexibility index (Phi) is 5.60. The second-order valence-corrected chi connectivity index (χ2v) is 6.93. The van der Waals surface area contributed by atoms with Crippen LogP contribution in [0.2, 0.25) is 0 Å². The van der Waals surface area contributed by atoms with E-state index >= 15 is 0 Å². The molecular weight excluding hydrogens is 330 g/mol. The van der Waals surface area contributed by atoms with Gasteiger partial charge in [0.15, 0.2) is 5.16 Å². The molecule has 2 heterocycles. The Morgan fingerprint density at radius 1 is 1.25 bits per heavy atom. The van der Waals surface area contributed by atoms with Gasteiger partial charge in [-0.25, -0.2) is 4.79 Å². The Bertz CT molecular complexity index is 596. The number of carbonyl (C=O) groups is 2. The number of ether oxygens (including phenoxy) is 1. The summed E-state index contributed by atoms with van der Waals surface area (Å²) in [4.78, 5) is 25.4. The molecule has 1 saturated heterocycles. The van der Waals surface area contributed by atoms with Gasteiger partial charge in [0.05, 0.1) is 12.4 Å². The number of hydrogen-bond acceptors (Lipinski definition) is 7. The second-order valence-electron chi connectivity index (χ2n) is 5.99. The fourth-order valence-electron chi connectivity index (χ4n) is 2.78. The second kappa shape index (κ2) is 7.87. The van der Waals surface area contributed by atoms with Crippen molar-refractivity contribution in [2.45, 2.75) is 50.2 Å². The monoisotopic (exact) mass is 353 g/mol. The largest absolute Gasteiger partial charge is 0.450 e. The number of piperidine rings is 1. The Labute approximate surface area is 145 Å². The van der Waals surface area contributed by atoms with Crippen LogP contribution < -0.4 is 10.2 Å². The molecule has 1 N–H and O–H groups in total. The van der Waals surface area contributed by atoms with E-state index in [2.05, 4.69) is 25.0 Å². The van der Waals surface area contributed by atoms with E-state index in [1.165, 1.54) is 31.0 Å². The standard InChI is InChI=1S/C15H23N5O3S/c1-2-23-15(22)16-12(21)10-24-14-18-17-13(20(14)11-6-7-11)19-8-4-3-5-9-19/h11H,2-10H2,1H3,(H,16,21,22). The van der Waals surface area contributed by atoms with E-state index in [9.17, 15) is 9.59 Å². The molecule has 0 unspecified atom stereocenters. The number of rotatable bonds is 6. The lowest BCUT2D eigenvalue weighted by atomic mass is 10.1. The minimum absolute atomic E-state index is 0.115. The van der Waals surface area contributed by atoms with E-state index in [0.717, 1.165) is 37.0 Å². The fourth-order valence-corrected chi connectivity index (χ4v) is 3.58. The van der Waals surface area contributed by atoms with E-state index < -0.39 is 6.09 Å². The van der Waals surface area contributed by atoms with Gasteiger partial charge in [0.2, 0.25) is 11.9 Å². The maximum Gasteiger partial charge on any atom is 0.413 e. The van der Waals surface area contributed by atoms with Gasteiger partial charge in [-0.2, -0.15) is 0 Å². The maximum absolute atomic E-state index is 11.8. The number of amides is 2. The quantitative estimate of drug-likeness (QED) is 0.782. The summed E-state index contributed by atoms with van der Waals surface area (Å²) in [6, 6.07) is 0.438. The number of aromatic nitrogens is 3. The molecule has 0 aromatic carbocycles. The molecule has 2 aliphatic rings. The van der Waals surface area contributed by atoms with Crippen LogP contribution in [0.5, 0.6) is 0 Å². The Morgan fingerprint density at radius 2 is 2.00 bits per heavy atom. The molecule has 0 atom stereocenters. The van der Waals surface area contributed by atoms with Crippen LogP contribution in [0.4, 0.5) is 10.7 Å². The molecule has 8 nitrogen and oxygen atoms in total. The number of nitrogens with one attached hydrogen (secondary N) is 1. The van der Waals surface area contributed by atoms with Gasteiger partial charge in [-0.3, -0.25) is 14.7 Å². The maximum atomic E-state index is 11.8. The minimum atomic E-state index is -0.708. The molecule has 9 heteroatoms. The highest BCUT2D eigenvalue weighted by Gasteiger charge is 2.32. The van der Waals surface area contributed by atoms with Crippen molar-refractivity contribution < 1.29 is 14.3 Å². The first-order chi connectivity index (χ1) is 11.7. The number of imide groups is 1. The van der Waals surface area contributed by atoms with Crippen LogP contribution in [0.25, 0.3) is 0 Å². The molecule has 1 aliphatic heterocycles. The average molecular weight is 353 g/mol. The van der Waals surface area contributed by atoms with Crippen molar-refractivity contribution in [1.82, 2.24) is 20.1 Å². The zero-order valence-corrected chi connectivity index (χ0v) is 14.7. The summed E-state index contributed by atoms with van der Waals surface area (Å²) < 4.78 is 6.86. The summed E-state index contributed by atoms with van der Waals surface area (Å²) in [5.41, 5.74) is 0. The number of hydrogen-bond donors (Lipinski definition) is 1. The molecule has 2 fully saturated rings. The first-order valence-electron chi connectivity index (χ1n) is 8.48. The lowest BCUT2D eigenvalue weighted by molar-refractivity contribution is -0.117. The molecule has 0 radical (unpaired) electrons. The molecule has 1 aliphatic carbocycles. The Balaban J connectivity index is 1.62. The average Bonchev–Trinajstić information content (AvgIpc) is 3.33. The van der Waals surface area contributed by atoms with Crippen LogP contribution >= 0.6 is 11.8 Å². The number of alkyl carbamates (subject to hydrolysis) is 1. The molecular formula is C15H23N5O3S. The number of thioether (sulfide) groups is 1. The van der Waals surface area contributed by atoms with Crippen molar-refractivity contribution in [2.75, 3.05) is 30.3 Å². The summed E-state index contributed by atoms with van der Waals surface area (Å²) in [5.74, 6) is 0.651. The smallest absolute Gasteiger partial charge is 0.413 e. The lowest BCUT2D eigenvalue weighted by Crippen LogP contribution is -2.32. The van der Waals surface area contributed by atoms with Crippen LogP contribution in [-0.2, 0) is 9.53 Å². The highest BCUT2D eigenvalue weighted by molar-refractivity contribution is 7.99. The molecule has 0 bridgehead atoms. The summed E-state index contributed by atoms with van der Waals surface area (Å²) in [5, 5.41) is 11.6. The zero-order chi connectivity index (χ0) is 16.9. The van der Waals surface area contributed by atoms with Crippen molar-refractivity contribution >= 4 is 29.7 Å². The summed E-state index contributed by atoms with van der Waals surface area (Å²) in [6.07, 6.45) is 5.18. The summed E-state index contributed by atoms with van der Waals surface area (Å²) in [7, 11) is 0. The van der Waals surface area contributed by atoms with Crippen LogP contribution in [0.3, 0.4) is 0 Å². The Hall–Kier alpha value is -1.77. The van der Waals surface area contributed by atoms with Gasteiger partial charge in [0.1, 0.15) is 0 Å². The molecule has 1 aromatic heterocycles. The molecule has 132 valence electrons. The van der Waals surface area contributed by atoms with Gasteiger partial charge in [-0.15, -0.1) is 10.2 Å². The topological polar surface area (TPSA) is 89.3 Å². The van der Waals surface area contributed by atoms with E-state index in [0.29, 0.717) is 6.04 Å². The van der Waals surface area contributed by atoms with Gasteiger partial charge >= 0.3 is 6.09 Å². The van der Waals surface area contributed by atoms with Crippen molar-refractivity contribution in [3.63, 3.8) is 0 Å². The van der Waals surface area contributed by atoms with E-state index in [4.69, 9.17) is 4.74 Å². The third kappa shape index (κ3) is 4.19. The van der Waals surface area contributed by atoms with Crippen molar-refractivity contribution in [2.24, 2.45) is 0 Å². The zero-order valence-electron chi connectivity index (χ0n) is 13.9. The molecule has 3 rings (SSSR count). The number of nitrogens with zero attached hydrogens (tertiary/aromatic N) is 4. The normalized spacial score (nSPS) is 17.6. The minimum Gasteiger partial charge on any atom is -0.450 e. The summed E-state index contributed by atoms with van der Waals surface area (Å²) >= 11 is 1.31. The molecule has 0 spiro atoms. The van der Waals surface area contributed by atoms with Crippen LogP contribution in [-0.4, -0.2) is 52.2 Å². The van der Waals surface area contributed by atoms with Gasteiger partial charge in [0.25, 0.3) is 0 Å². The van der Waals surface area contributed by atoms with Crippen molar-refractivity contribution in [3.8, 4) is 0 Å². The van der Waals surface area contributed by atoms with E-state index in [1.807, 2.05) is 0 Å². The third-order valence-electron chi connectivity index (χ3n) is 4.05. The highest BCUT2D eigenvalue weighted by Crippen LogP contribution is 2.41. The van der Waals surface area contributed by atoms with Gasteiger partial charge < -0.3 is 9.64 Å². The van der Waals surface area contributed by atoms with Crippen molar-refractivity contribution in [1.29, 1.82) is 0 Å². The lowest BCUT2D eigenvalue weighted by Gasteiger charge is -2.27. The first-order valence-corrected chi connectivity index (χ1v) is 9.47. The number of anilines is 1. The van der Waals surface area contributed by atoms with Gasteiger partial charge in [-0.1, -0.05) is 11.8 Å². The van der Waals surface area contributed by atoms with Gasteiger partial charge in [-0.05, 0) is 39.0 Å². The molecule has 1 saturated carbocycles. The van der Waals surface area contributed by atoms with Crippen LogP contribution in [0, 0.1) is 0 Å². The van der Waals surface area contributed by atoms with Gasteiger partial charge in [0, 0.05) is 19.1 Å². The summed E-state index contributed by atoms with van der Waals surface area (Å²) in [6.45, 7) is 3.96. The molecule has 1 aromatic rings. The van der Waals surface area contributed by atoms with Crippen LogP contribution in [0.15, 0.2) is 5.16 Å².